The molecule has 108 valence electrons. The zero-order valence-corrected chi connectivity index (χ0v) is 11.0. The second-order valence-corrected chi connectivity index (χ2v) is 5.17. The fraction of sp³-hybridized carbons (Fsp3) is 0.308. The summed E-state index contributed by atoms with van der Waals surface area (Å²) in [7, 11) is 0. The Morgan fingerprint density at radius 2 is 2.33 bits per heavy atom. The first-order valence-electron chi connectivity index (χ1n) is 6.54. The Bertz CT molecular complexity index is 787. The highest BCUT2D eigenvalue weighted by Gasteiger charge is 2.41. The molecule has 7 nitrogen and oxygen atoms in total. The van der Waals surface area contributed by atoms with Crippen LogP contribution < -0.4 is 4.90 Å². The van der Waals surface area contributed by atoms with Gasteiger partial charge in [0.1, 0.15) is 22.6 Å². The molecular formula is C13H12FN5O2. The summed E-state index contributed by atoms with van der Waals surface area (Å²) in [5, 5.41) is 20.8. The van der Waals surface area contributed by atoms with Gasteiger partial charge in [-0.1, -0.05) is 0 Å². The lowest BCUT2D eigenvalue weighted by molar-refractivity contribution is 0.0557. The monoisotopic (exact) mass is 289 g/mol. The van der Waals surface area contributed by atoms with Crippen LogP contribution in [0.1, 0.15) is 12.1 Å². The van der Waals surface area contributed by atoms with Gasteiger partial charge < -0.3 is 14.4 Å². The van der Waals surface area contributed by atoms with Crippen LogP contribution in [-0.4, -0.2) is 38.6 Å². The number of oxazole rings is 1. The Kier molecular flexibility index (Phi) is 2.49. The van der Waals surface area contributed by atoms with E-state index in [-0.39, 0.29) is 5.82 Å². The number of nitrogens with zero attached hydrogens (tertiary/aromatic N) is 4. The first kappa shape index (κ1) is 12.3. The number of benzene rings is 1. The fourth-order valence-electron chi connectivity index (χ4n) is 2.62. The van der Waals surface area contributed by atoms with Crippen molar-refractivity contribution < 1.29 is 13.9 Å². The normalized spacial score (nSPS) is 22.3. The molecule has 2 N–H and O–H groups in total. The molecule has 3 aromatic rings. The number of anilines is 1. The lowest BCUT2D eigenvalue weighted by atomic mass is 10.0. The quantitative estimate of drug-likeness (QED) is 0.736. The number of fused-ring (bicyclic) bond motifs is 1. The van der Waals surface area contributed by atoms with E-state index in [1.54, 1.807) is 6.07 Å². The minimum Gasteiger partial charge on any atom is -0.423 e. The number of hydrogen-bond donors (Lipinski definition) is 2. The highest BCUT2D eigenvalue weighted by Crippen LogP contribution is 2.34. The molecule has 21 heavy (non-hydrogen) atoms. The van der Waals surface area contributed by atoms with Gasteiger partial charge in [0.25, 0.3) is 6.01 Å². The molecule has 3 heterocycles. The van der Waals surface area contributed by atoms with Crippen LogP contribution in [0.2, 0.25) is 0 Å². The van der Waals surface area contributed by atoms with E-state index in [0.29, 0.717) is 42.3 Å². The summed E-state index contributed by atoms with van der Waals surface area (Å²) < 4.78 is 18.8. The average Bonchev–Trinajstić information content (AvgIpc) is 3.16. The summed E-state index contributed by atoms with van der Waals surface area (Å²) in [6.07, 6.45) is 2.00. The van der Waals surface area contributed by atoms with Crippen LogP contribution in [0.25, 0.3) is 11.1 Å². The first-order valence-corrected chi connectivity index (χ1v) is 6.54. The van der Waals surface area contributed by atoms with Gasteiger partial charge in [0.2, 0.25) is 0 Å². The summed E-state index contributed by atoms with van der Waals surface area (Å²) in [5.41, 5.74) is 0.385. The van der Waals surface area contributed by atoms with Crippen molar-refractivity contribution in [3.63, 3.8) is 0 Å². The molecule has 1 aliphatic heterocycles. The third kappa shape index (κ3) is 1.95. The van der Waals surface area contributed by atoms with E-state index in [4.69, 9.17) is 4.42 Å². The van der Waals surface area contributed by atoms with Gasteiger partial charge in [-0.25, -0.2) is 4.39 Å². The predicted molar refractivity (Wildman–Crippen MR) is 71.1 cm³/mol. The Balaban J connectivity index is 1.65. The van der Waals surface area contributed by atoms with Crippen LogP contribution in [0.5, 0.6) is 0 Å². The smallest absolute Gasteiger partial charge is 0.298 e. The number of H-pyrrole nitrogens is 1. The lowest BCUT2D eigenvalue weighted by Gasteiger charge is -2.19. The predicted octanol–water partition coefficient (Wildman–Crippen LogP) is 1.18. The highest BCUT2D eigenvalue weighted by molar-refractivity contribution is 5.74. The van der Waals surface area contributed by atoms with Gasteiger partial charge in [0.05, 0.1) is 12.7 Å². The summed E-state index contributed by atoms with van der Waals surface area (Å²) in [5.74, 6) is -0.358. The van der Waals surface area contributed by atoms with Crippen LogP contribution in [-0.2, 0) is 5.60 Å². The average molecular weight is 289 g/mol. The van der Waals surface area contributed by atoms with Crippen molar-refractivity contribution >= 4 is 17.1 Å². The van der Waals surface area contributed by atoms with Crippen molar-refractivity contribution in [1.29, 1.82) is 0 Å². The standard InChI is InChI=1S/C13H12FN5O2/c14-8-1-2-10-9(5-8)16-12(21-10)19-4-3-13(20,7-19)11-6-15-18-17-11/h1-2,5-6,20H,3-4,7H2,(H,15,17,18)/t13-/m0/s1. The number of rotatable bonds is 2. The molecular weight excluding hydrogens is 277 g/mol. The summed E-state index contributed by atoms with van der Waals surface area (Å²) in [4.78, 5) is 6.08. The Morgan fingerprint density at radius 1 is 1.43 bits per heavy atom. The first-order chi connectivity index (χ1) is 10.1. The minimum atomic E-state index is -1.08. The van der Waals surface area contributed by atoms with E-state index in [1.165, 1.54) is 18.3 Å². The third-order valence-electron chi connectivity index (χ3n) is 3.75. The lowest BCUT2D eigenvalue weighted by Crippen LogP contribution is -2.31. The molecule has 8 heteroatoms. The molecule has 1 aromatic carbocycles. The molecule has 0 saturated carbocycles. The summed E-state index contributed by atoms with van der Waals surface area (Å²) in [6.45, 7) is 0.869. The third-order valence-corrected chi connectivity index (χ3v) is 3.75. The maximum atomic E-state index is 13.2. The highest BCUT2D eigenvalue weighted by atomic mass is 19.1. The maximum Gasteiger partial charge on any atom is 0.298 e. The van der Waals surface area contributed by atoms with Crippen molar-refractivity contribution in [2.45, 2.75) is 12.0 Å². The van der Waals surface area contributed by atoms with Gasteiger partial charge in [-0.3, -0.25) is 0 Å². The zero-order valence-electron chi connectivity index (χ0n) is 11.0. The Morgan fingerprint density at radius 3 is 3.14 bits per heavy atom. The number of hydrogen-bond acceptors (Lipinski definition) is 6. The number of aromatic amines is 1. The van der Waals surface area contributed by atoms with Gasteiger partial charge >= 0.3 is 0 Å². The van der Waals surface area contributed by atoms with Gasteiger partial charge in [-0.05, 0) is 12.1 Å². The van der Waals surface area contributed by atoms with Gasteiger partial charge in [0, 0.05) is 19.0 Å². The molecule has 0 aliphatic carbocycles. The Labute approximate surface area is 118 Å². The van der Waals surface area contributed by atoms with E-state index in [2.05, 4.69) is 20.4 Å². The Hall–Kier alpha value is -2.48. The van der Waals surface area contributed by atoms with E-state index >= 15 is 0 Å². The second kappa shape index (κ2) is 4.26. The van der Waals surface area contributed by atoms with Gasteiger partial charge in [-0.2, -0.15) is 20.4 Å². The SMILES string of the molecule is O[C@@]1(c2cn[nH]n2)CCN(c2nc3cc(F)ccc3o2)C1. The molecule has 1 fully saturated rings. The number of aromatic nitrogens is 4. The van der Waals surface area contributed by atoms with Crippen molar-refractivity contribution in [2.75, 3.05) is 18.0 Å². The van der Waals surface area contributed by atoms with Crippen LogP contribution in [0.3, 0.4) is 0 Å². The van der Waals surface area contributed by atoms with Crippen LogP contribution >= 0.6 is 0 Å². The molecule has 0 unspecified atom stereocenters. The number of β-amino-alcohol motifs (C(OH)–C–C–N with tert-alkyl or cyclic N) is 1. The molecule has 0 spiro atoms. The molecule has 4 rings (SSSR count). The van der Waals surface area contributed by atoms with Crippen molar-refractivity contribution in [3.8, 4) is 0 Å². The molecule has 0 amide bonds. The van der Waals surface area contributed by atoms with Gasteiger partial charge in [0.15, 0.2) is 5.58 Å². The zero-order chi connectivity index (χ0) is 14.4. The topological polar surface area (TPSA) is 91.1 Å². The number of aliphatic hydroxyl groups is 1. The van der Waals surface area contributed by atoms with E-state index in [0.717, 1.165) is 0 Å². The largest absolute Gasteiger partial charge is 0.423 e. The molecule has 0 bridgehead atoms. The van der Waals surface area contributed by atoms with Crippen LogP contribution in [0, 0.1) is 5.82 Å². The van der Waals surface area contributed by atoms with E-state index in [9.17, 15) is 9.50 Å². The van der Waals surface area contributed by atoms with E-state index < -0.39 is 5.60 Å². The van der Waals surface area contributed by atoms with Crippen molar-refractivity contribution in [2.24, 2.45) is 0 Å². The molecule has 1 atom stereocenters. The van der Waals surface area contributed by atoms with Crippen molar-refractivity contribution in [1.82, 2.24) is 20.4 Å². The second-order valence-electron chi connectivity index (χ2n) is 5.17. The molecule has 1 saturated heterocycles. The number of halogens is 1. The maximum absolute atomic E-state index is 13.2. The van der Waals surface area contributed by atoms with Gasteiger partial charge in [-0.15, -0.1) is 0 Å². The summed E-state index contributed by atoms with van der Waals surface area (Å²) in [6, 6.07) is 4.56. The molecule has 1 aliphatic rings. The van der Waals surface area contributed by atoms with Crippen LogP contribution in [0.15, 0.2) is 28.8 Å². The molecule has 2 aromatic heterocycles. The molecule has 0 radical (unpaired) electrons. The van der Waals surface area contributed by atoms with Crippen molar-refractivity contribution in [3.05, 3.63) is 35.9 Å². The number of nitrogens with one attached hydrogen (secondary N) is 1. The van der Waals surface area contributed by atoms with E-state index in [1.807, 2.05) is 4.90 Å². The summed E-state index contributed by atoms with van der Waals surface area (Å²) >= 11 is 0. The minimum absolute atomic E-state index is 0.300. The fourth-order valence-corrected chi connectivity index (χ4v) is 2.62. The van der Waals surface area contributed by atoms with Crippen LogP contribution in [0.4, 0.5) is 10.4 Å².